The molecule has 100 valence electrons. The normalized spacial score (nSPS) is 11.6. The number of nitro benzene ring substituents is 1. The Hall–Kier alpha value is -1.80. The first-order chi connectivity index (χ1) is 8.79. The molecule has 0 aliphatic heterocycles. The topological polar surface area (TPSA) is 99.9 Å². The molecule has 0 spiro atoms. The molecule has 1 aromatic heterocycles. The summed E-state index contributed by atoms with van der Waals surface area (Å²) in [5, 5.41) is 18.8. The van der Waals surface area contributed by atoms with Crippen LogP contribution in [-0.4, -0.2) is 19.9 Å². The number of aromatic nitrogens is 3. The van der Waals surface area contributed by atoms with E-state index in [1.165, 1.54) is 10.7 Å². The molecule has 0 radical (unpaired) electrons. The molecule has 0 aliphatic carbocycles. The number of rotatable bonds is 3. The highest BCUT2D eigenvalue weighted by Gasteiger charge is 2.19. The van der Waals surface area contributed by atoms with E-state index in [0.717, 1.165) is 0 Å². The van der Waals surface area contributed by atoms with Crippen molar-refractivity contribution >= 4 is 21.6 Å². The predicted molar refractivity (Wildman–Crippen MR) is 72.9 cm³/mol. The minimum atomic E-state index is -0.612. The maximum Gasteiger partial charge on any atom is 0.285 e. The lowest BCUT2D eigenvalue weighted by Gasteiger charge is -2.13. The van der Waals surface area contributed by atoms with Crippen LogP contribution in [0.1, 0.15) is 19.5 Å². The fourth-order valence-corrected chi connectivity index (χ4v) is 1.86. The molecule has 19 heavy (non-hydrogen) atoms. The summed E-state index contributed by atoms with van der Waals surface area (Å²) in [6.45, 7) is 3.62. The number of benzene rings is 1. The van der Waals surface area contributed by atoms with Gasteiger partial charge in [0.2, 0.25) is 0 Å². The minimum Gasteiger partial charge on any atom is -0.320 e. The van der Waals surface area contributed by atoms with Crippen molar-refractivity contribution in [3.63, 3.8) is 0 Å². The third-order valence-electron chi connectivity index (χ3n) is 2.54. The maximum atomic E-state index is 10.9. The van der Waals surface area contributed by atoms with Crippen LogP contribution in [0.25, 0.3) is 5.69 Å². The van der Waals surface area contributed by atoms with E-state index in [2.05, 4.69) is 26.2 Å². The summed E-state index contributed by atoms with van der Waals surface area (Å²) in [4.78, 5) is 10.4. The van der Waals surface area contributed by atoms with Crippen LogP contribution in [-0.2, 0) is 5.54 Å². The van der Waals surface area contributed by atoms with Crippen LogP contribution in [0.5, 0.6) is 0 Å². The number of nitrogens with two attached hydrogens (primary N) is 1. The van der Waals surface area contributed by atoms with Gasteiger partial charge in [-0.05, 0) is 41.9 Å². The summed E-state index contributed by atoms with van der Waals surface area (Å²) in [6, 6.07) is 4.73. The molecule has 0 unspecified atom stereocenters. The zero-order chi connectivity index (χ0) is 14.2. The molecule has 0 atom stereocenters. The van der Waals surface area contributed by atoms with Gasteiger partial charge in [-0.25, -0.2) is 4.68 Å². The summed E-state index contributed by atoms with van der Waals surface area (Å²) in [5.74, 6) is 0. The zero-order valence-electron chi connectivity index (χ0n) is 10.4. The van der Waals surface area contributed by atoms with Gasteiger partial charge in [0, 0.05) is 6.07 Å². The van der Waals surface area contributed by atoms with Gasteiger partial charge >= 0.3 is 0 Å². The Balaban J connectivity index is 2.45. The molecule has 0 saturated carbocycles. The van der Waals surface area contributed by atoms with Crippen molar-refractivity contribution in [3.8, 4) is 5.69 Å². The van der Waals surface area contributed by atoms with Gasteiger partial charge in [-0.15, -0.1) is 5.10 Å². The fraction of sp³-hybridized carbons (Fsp3) is 0.273. The summed E-state index contributed by atoms with van der Waals surface area (Å²) in [7, 11) is 0. The van der Waals surface area contributed by atoms with E-state index in [4.69, 9.17) is 5.73 Å². The Morgan fingerprint density at radius 2 is 2.16 bits per heavy atom. The highest BCUT2D eigenvalue weighted by molar-refractivity contribution is 9.10. The smallest absolute Gasteiger partial charge is 0.285 e. The van der Waals surface area contributed by atoms with Gasteiger partial charge in [-0.1, -0.05) is 5.21 Å². The summed E-state index contributed by atoms with van der Waals surface area (Å²) in [5.41, 5.74) is 6.44. The standard InChI is InChI=1S/C11H12BrN5O2/c1-11(2,13)10-6-16(15-14-10)7-3-4-8(12)9(5-7)17(18)19/h3-6H,13H2,1-2H3. The van der Waals surface area contributed by atoms with Gasteiger partial charge in [-0.3, -0.25) is 10.1 Å². The minimum absolute atomic E-state index is 0.0263. The lowest BCUT2D eigenvalue weighted by molar-refractivity contribution is -0.385. The van der Waals surface area contributed by atoms with Gasteiger partial charge in [-0.2, -0.15) is 0 Å². The maximum absolute atomic E-state index is 10.9. The van der Waals surface area contributed by atoms with Crippen LogP contribution in [0, 0.1) is 10.1 Å². The third kappa shape index (κ3) is 2.79. The Bertz CT molecular complexity index is 632. The molecule has 0 saturated heterocycles. The van der Waals surface area contributed by atoms with E-state index in [0.29, 0.717) is 15.9 Å². The second-order valence-electron chi connectivity index (χ2n) is 4.66. The summed E-state index contributed by atoms with van der Waals surface area (Å²) in [6.07, 6.45) is 1.66. The third-order valence-corrected chi connectivity index (χ3v) is 3.22. The van der Waals surface area contributed by atoms with Crippen LogP contribution in [0.4, 0.5) is 5.69 Å². The molecular weight excluding hydrogens is 314 g/mol. The second kappa shape index (κ2) is 4.71. The van der Waals surface area contributed by atoms with E-state index >= 15 is 0 Å². The quantitative estimate of drug-likeness (QED) is 0.688. The molecular formula is C11H12BrN5O2. The van der Waals surface area contributed by atoms with Crippen LogP contribution in [0.2, 0.25) is 0 Å². The molecule has 0 fully saturated rings. The van der Waals surface area contributed by atoms with E-state index in [1.54, 1.807) is 18.3 Å². The lowest BCUT2D eigenvalue weighted by atomic mass is 10.0. The molecule has 2 rings (SSSR count). The second-order valence-corrected chi connectivity index (χ2v) is 5.52. The van der Waals surface area contributed by atoms with Crippen molar-refractivity contribution in [2.45, 2.75) is 19.4 Å². The first kappa shape index (κ1) is 13.6. The number of hydrogen-bond acceptors (Lipinski definition) is 5. The molecule has 0 aliphatic rings. The van der Waals surface area contributed by atoms with Crippen molar-refractivity contribution in [1.82, 2.24) is 15.0 Å². The first-order valence-electron chi connectivity index (χ1n) is 5.45. The average molecular weight is 326 g/mol. The van der Waals surface area contributed by atoms with Crippen molar-refractivity contribution in [2.75, 3.05) is 0 Å². The predicted octanol–water partition coefficient (Wildman–Crippen LogP) is 2.13. The molecule has 2 aromatic rings. The number of nitrogens with zero attached hydrogens (tertiary/aromatic N) is 4. The summed E-state index contributed by atoms with van der Waals surface area (Å²) < 4.78 is 1.88. The van der Waals surface area contributed by atoms with Gasteiger partial charge in [0.1, 0.15) is 5.69 Å². The van der Waals surface area contributed by atoms with Crippen LogP contribution >= 0.6 is 15.9 Å². The number of nitro groups is 1. The van der Waals surface area contributed by atoms with Crippen LogP contribution in [0.15, 0.2) is 28.9 Å². The molecule has 7 nitrogen and oxygen atoms in total. The zero-order valence-corrected chi connectivity index (χ0v) is 12.0. The van der Waals surface area contributed by atoms with Gasteiger partial charge in [0.15, 0.2) is 0 Å². The largest absolute Gasteiger partial charge is 0.320 e. The fourth-order valence-electron chi connectivity index (χ4n) is 1.47. The highest BCUT2D eigenvalue weighted by Crippen LogP contribution is 2.27. The first-order valence-corrected chi connectivity index (χ1v) is 6.24. The van der Waals surface area contributed by atoms with Crippen molar-refractivity contribution in [1.29, 1.82) is 0 Å². The van der Waals surface area contributed by atoms with Gasteiger partial charge in [0.25, 0.3) is 5.69 Å². The SMILES string of the molecule is CC(C)(N)c1cn(-c2ccc(Br)c([N+](=O)[O-])c2)nn1. The van der Waals surface area contributed by atoms with Gasteiger partial charge < -0.3 is 5.73 Å². The van der Waals surface area contributed by atoms with Gasteiger partial charge in [0.05, 0.1) is 26.8 Å². The summed E-state index contributed by atoms with van der Waals surface area (Å²) >= 11 is 3.13. The number of hydrogen-bond donors (Lipinski definition) is 1. The Morgan fingerprint density at radius 1 is 1.47 bits per heavy atom. The number of halogens is 1. The van der Waals surface area contributed by atoms with E-state index < -0.39 is 10.5 Å². The Morgan fingerprint density at radius 3 is 2.68 bits per heavy atom. The molecule has 2 N–H and O–H groups in total. The van der Waals surface area contributed by atoms with Crippen molar-refractivity contribution < 1.29 is 4.92 Å². The molecule has 1 heterocycles. The van der Waals surface area contributed by atoms with Crippen LogP contribution in [0.3, 0.4) is 0 Å². The van der Waals surface area contributed by atoms with E-state index in [-0.39, 0.29) is 5.69 Å². The monoisotopic (exact) mass is 325 g/mol. The molecule has 0 amide bonds. The Kier molecular flexibility index (Phi) is 3.38. The van der Waals surface area contributed by atoms with Crippen LogP contribution < -0.4 is 5.73 Å². The van der Waals surface area contributed by atoms with Crippen molar-refractivity contribution in [2.24, 2.45) is 5.73 Å². The van der Waals surface area contributed by atoms with Crippen molar-refractivity contribution in [3.05, 3.63) is 44.7 Å². The molecule has 0 bridgehead atoms. The van der Waals surface area contributed by atoms with E-state index in [1.807, 2.05) is 13.8 Å². The highest BCUT2D eigenvalue weighted by atomic mass is 79.9. The van der Waals surface area contributed by atoms with E-state index in [9.17, 15) is 10.1 Å². The molecule has 8 heteroatoms. The lowest BCUT2D eigenvalue weighted by Crippen LogP contribution is -2.29. The Labute approximate surface area is 117 Å². The average Bonchev–Trinajstić information content (AvgIpc) is 2.78. The molecule has 1 aromatic carbocycles.